The highest BCUT2D eigenvalue weighted by Gasteiger charge is 2.34. The zero-order valence-corrected chi connectivity index (χ0v) is 18.4. The lowest BCUT2D eigenvalue weighted by Crippen LogP contribution is -2.48. The third kappa shape index (κ3) is 3.57. The molecule has 6 rings (SSSR count). The first kappa shape index (κ1) is 20.4. The maximum absolute atomic E-state index is 13.1. The van der Waals surface area contributed by atoms with Gasteiger partial charge in [-0.1, -0.05) is 6.92 Å². The van der Waals surface area contributed by atoms with Gasteiger partial charge in [-0.05, 0) is 36.4 Å². The molecular weight excluding hydrogens is 438 g/mol. The van der Waals surface area contributed by atoms with Crippen LogP contribution in [0.3, 0.4) is 0 Å². The van der Waals surface area contributed by atoms with Gasteiger partial charge in [0.05, 0.1) is 36.9 Å². The number of nitrogens with zero attached hydrogens (tertiary/aromatic N) is 4. The Kier molecular flexibility index (Phi) is 4.80. The third-order valence-electron chi connectivity index (χ3n) is 5.85. The van der Waals surface area contributed by atoms with Crippen LogP contribution in [-0.2, 0) is 4.74 Å². The second-order valence-electron chi connectivity index (χ2n) is 8.59. The highest BCUT2D eigenvalue weighted by atomic mass is 16.7. The molecule has 4 aromatic rings. The predicted octanol–water partition coefficient (Wildman–Crippen LogP) is 3.08. The van der Waals surface area contributed by atoms with Gasteiger partial charge in [0.2, 0.25) is 6.79 Å². The lowest BCUT2D eigenvalue weighted by atomic mass is 9.88. The maximum Gasteiger partial charge on any atom is 0.255 e. The van der Waals surface area contributed by atoms with Crippen LogP contribution in [0.1, 0.15) is 17.3 Å². The number of benzene rings is 1. The van der Waals surface area contributed by atoms with Gasteiger partial charge in [0, 0.05) is 23.7 Å². The van der Waals surface area contributed by atoms with Gasteiger partial charge in [0.25, 0.3) is 11.9 Å². The van der Waals surface area contributed by atoms with Crippen LogP contribution in [-0.4, -0.2) is 52.2 Å². The first-order valence-electron chi connectivity index (χ1n) is 10.8. The first-order chi connectivity index (χ1) is 16.6. The summed E-state index contributed by atoms with van der Waals surface area (Å²) in [7, 11) is 0. The molecule has 0 atom stereocenters. The largest absolute Gasteiger partial charge is 0.463 e. The molecule has 1 N–H and O–H groups in total. The van der Waals surface area contributed by atoms with Gasteiger partial charge in [0.15, 0.2) is 17.3 Å². The Hall–Kier alpha value is -4.18. The van der Waals surface area contributed by atoms with Gasteiger partial charge in [-0.15, -0.1) is 0 Å². The van der Waals surface area contributed by atoms with Crippen molar-refractivity contribution in [1.29, 1.82) is 0 Å². The molecular formula is C24H21N5O5. The molecule has 172 valence electrons. The van der Waals surface area contributed by atoms with Gasteiger partial charge in [-0.2, -0.15) is 9.78 Å². The van der Waals surface area contributed by atoms with Gasteiger partial charge < -0.3 is 23.9 Å². The van der Waals surface area contributed by atoms with E-state index in [1.54, 1.807) is 30.7 Å². The van der Waals surface area contributed by atoms with Crippen molar-refractivity contribution >= 4 is 5.91 Å². The zero-order chi connectivity index (χ0) is 23.1. The minimum absolute atomic E-state index is 0.0570. The molecule has 0 spiro atoms. The summed E-state index contributed by atoms with van der Waals surface area (Å²) in [6.45, 7) is 4.02. The highest BCUT2D eigenvalue weighted by molar-refractivity contribution is 5.99. The van der Waals surface area contributed by atoms with E-state index in [0.717, 1.165) is 5.56 Å². The van der Waals surface area contributed by atoms with Crippen molar-refractivity contribution in [3.8, 4) is 40.2 Å². The van der Waals surface area contributed by atoms with Crippen LogP contribution >= 0.6 is 0 Å². The smallest absolute Gasteiger partial charge is 0.255 e. The summed E-state index contributed by atoms with van der Waals surface area (Å²) < 4.78 is 23.3. The molecule has 1 aromatic carbocycles. The van der Waals surface area contributed by atoms with Crippen molar-refractivity contribution in [3.05, 3.63) is 60.6 Å². The van der Waals surface area contributed by atoms with Gasteiger partial charge in [-0.25, -0.2) is 9.97 Å². The van der Waals surface area contributed by atoms with Gasteiger partial charge in [0.1, 0.15) is 5.69 Å². The molecule has 1 amide bonds. The van der Waals surface area contributed by atoms with Crippen molar-refractivity contribution in [1.82, 2.24) is 25.1 Å². The summed E-state index contributed by atoms with van der Waals surface area (Å²) >= 11 is 0. The number of carbonyl (C=O) groups is 1. The van der Waals surface area contributed by atoms with Crippen molar-refractivity contribution in [2.45, 2.75) is 6.92 Å². The fraction of sp³-hybridized carbons (Fsp3) is 0.250. The van der Waals surface area contributed by atoms with Gasteiger partial charge >= 0.3 is 0 Å². The minimum atomic E-state index is -0.252. The van der Waals surface area contributed by atoms with E-state index in [0.29, 0.717) is 59.9 Å². The second kappa shape index (κ2) is 7.99. The summed E-state index contributed by atoms with van der Waals surface area (Å²) in [6, 6.07) is 10.9. The predicted molar refractivity (Wildman–Crippen MR) is 120 cm³/mol. The fourth-order valence-corrected chi connectivity index (χ4v) is 3.93. The molecule has 10 nitrogen and oxygen atoms in total. The van der Waals surface area contributed by atoms with E-state index in [1.165, 1.54) is 10.9 Å². The fourth-order valence-electron chi connectivity index (χ4n) is 3.93. The highest BCUT2D eigenvalue weighted by Crippen LogP contribution is 2.35. The van der Waals surface area contributed by atoms with Crippen molar-refractivity contribution in [3.63, 3.8) is 0 Å². The van der Waals surface area contributed by atoms with Crippen molar-refractivity contribution in [2.24, 2.45) is 5.41 Å². The number of nitrogens with one attached hydrogen (secondary N) is 1. The van der Waals surface area contributed by atoms with E-state index in [-0.39, 0.29) is 18.1 Å². The van der Waals surface area contributed by atoms with Gasteiger partial charge in [-0.3, -0.25) is 4.79 Å². The second-order valence-corrected chi connectivity index (χ2v) is 8.59. The molecule has 3 aromatic heterocycles. The molecule has 0 bridgehead atoms. The molecule has 0 saturated carbocycles. The lowest BCUT2D eigenvalue weighted by molar-refractivity contribution is -0.0978. The van der Waals surface area contributed by atoms with Crippen molar-refractivity contribution in [2.75, 3.05) is 26.6 Å². The van der Waals surface area contributed by atoms with E-state index in [9.17, 15) is 4.79 Å². The Morgan fingerprint density at radius 3 is 2.85 bits per heavy atom. The lowest BCUT2D eigenvalue weighted by Gasteiger charge is -2.37. The normalized spacial score (nSPS) is 15.7. The number of ether oxygens (including phenoxy) is 3. The van der Waals surface area contributed by atoms with Crippen molar-refractivity contribution < 1.29 is 23.4 Å². The van der Waals surface area contributed by atoms with Crippen LogP contribution in [0.4, 0.5) is 0 Å². The molecule has 0 aliphatic carbocycles. The molecule has 10 heteroatoms. The average molecular weight is 459 g/mol. The number of rotatable bonds is 6. The van der Waals surface area contributed by atoms with E-state index in [4.69, 9.17) is 23.6 Å². The summed E-state index contributed by atoms with van der Waals surface area (Å²) in [5.74, 6) is 1.90. The average Bonchev–Trinajstić information content (AvgIpc) is 3.60. The van der Waals surface area contributed by atoms with Crippen LogP contribution in [0.5, 0.6) is 11.5 Å². The van der Waals surface area contributed by atoms with Crippen LogP contribution in [0.15, 0.2) is 59.5 Å². The van der Waals surface area contributed by atoms with Crippen LogP contribution < -0.4 is 14.8 Å². The number of amides is 1. The summed E-state index contributed by atoms with van der Waals surface area (Å²) in [5.41, 5.74) is 2.30. The molecule has 34 heavy (non-hydrogen) atoms. The Morgan fingerprint density at radius 1 is 1.18 bits per heavy atom. The van der Waals surface area contributed by atoms with E-state index in [2.05, 4.69) is 22.3 Å². The number of hydrogen-bond donors (Lipinski definition) is 1. The Labute approximate surface area is 194 Å². The zero-order valence-electron chi connectivity index (χ0n) is 18.4. The maximum atomic E-state index is 13.1. The summed E-state index contributed by atoms with van der Waals surface area (Å²) in [4.78, 5) is 22.2. The SMILES string of the molecule is CC1(CNC(=O)c2cnn(-c3nccc(-c4ccc5c(c4)OCO5)n3)c2-c2ccco2)COC1. The Morgan fingerprint density at radius 2 is 2.06 bits per heavy atom. The summed E-state index contributed by atoms with van der Waals surface area (Å²) in [5, 5.41) is 7.43. The van der Waals surface area contributed by atoms with E-state index >= 15 is 0 Å². The number of fused-ring (bicyclic) bond motifs is 1. The van der Waals surface area contributed by atoms with Crippen LogP contribution in [0.25, 0.3) is 28.7 Å². The quantitative estimate of drug-likeness (QED) is 0.468. The monoisotopic (exact) mass is 459 g/mol. The Bertz CT molecular complexity index is 1360. The molecule has 1 fully saturated rings. The number of aromatic nitrogens is 4. The number of furan rings is 1. The Balaban J connectivity index is 1.36. The van der Waals surface area contributed by atoms with Crippen LogP contribution in [0, 0.1) is 5.41 Å². The molecule has 2 aliphatic heterocycles. The van der Waals surface area contributed by atoms with Crippen LogP contribution in [0.2, 0.25) is 0 Å². The molecule has 0 unspecified atom stereocenters. The molecule has 1 saturated heterocycles. The van der Waals surface area contributed by atoms with E-state index < -0.39 is 0 Å². The molecule has 2 aliphatic rings. The molecule has 5 heterocycles. The number of hydrogen-bond acceptors (Lipinski definition) is 8. The first-order valence-corrected chi connectivity index (χ1v) is 10.8. The topological polar surface area (TPSA) is 114 Å². The summed E-state index contributed by atoms with van der Waals surface area (Å²) in [6.07, 6.45) is 4.70. The van der Waals surface area contributed by atoms with E-state index in [1.807, 2.05) is 18.2 Å². The molecule has 0 radical (unpaired) electrons. The standard InChI is InChI=1S/C24H21N5O5/c1-24(12-31-13-24)11-26-22(30)16-10-27-29(21(16)19-3-2-8-32-19)23-25-7-6-17(28-23)15-4-5-18-20(9-15)34-14-33-18/h2-10H,11-14H2,1H3,(H,26,30). The number of carbonyl (C=O) groups excluding carboxylic acids is 1. The minimum Gasteiger partial charge on any atom is -0.463 e. The third-order valence-corrected chi connectivity index (χ3v) is 5.85.